The maximum atomic E-state index is 12.9. The van der Waals surface area contributed by atoms with Crippen molar-refractivity contribution in [2.75, 3.05) is 0 Å². The summed E-state index contributed by atoms with van der Waals surface area (Å²) in [4.78, 5) is 12.7. The first kappa shape index (κ1) is 16.6. The van der Waals surface area contributed by atoms with Crippen LogP contribution in [-0.4, -0.2) is 19.1 Å². The number of amides is 1. The molecule has 0 aliphatic heterocycles. The van der Waals surface area contributed by atoms with Crippen LogP contribution in [0.5, 0.6) is 0 Å². The van der Waals surface area contributed by atoms with Crippen molar-refractivity contribution in [3.05, 3.63) is 65.5 Å². The summed E-state index contributed by atoms with van der Waals surface area (Å²) in [7, 11) is -3.73. The predicted octanol–water partition coefficient (Wildman–Crippen LogP) is 2.76. The van der Waals surface area contributed by atoms with E-state index < -0.39 is 20.5 Å². The molecule has 0 heterocycles. The van der Waals surface area contributed by atoms with Crippen LogP contribution in [0.3, 0.4) is 0 Å². The van der Waals surface area contributed by atoms with Crippen LogP contribution >= 0.6 is 0 Å². The number of sulfone groups is 1. The van der Waals surface area contributed by atoms with Gasteiger partial charge in [0.05, 0.1) is 4.90 Å². The average Bonchev–Trinajstić information content (AvgIpc) is 3.37. The van der Waals surface area contributed by atoms with E-state index in [4.69, 9.17) is 0 Å². The number of nitrogens with one attached hydrogen (secondary N) is 1. The summed E-state index contributed by atoms with van der Waals surface area (Å²) < 4.78 is 37.1. The lowest BCUT2D eigenvalue weighted by atomic mass is 10.2. The minimum absolute atomic E-state index is 0.169. The molecule has 0 spiro atoms. The van der Waals surface area contributed by atoms with Gasteiger partial charge in [0.1, 0.15) is 5.82 Å². The van der Waals surface area contributed by atoms with E-state index >= 15 is 0 Å². The molecule has 1 amide bonds. The lowest BCUT2D eigenvalue weighted by Crippen LogP contribution is -2.41. The fourth-order valence-electron chi connectivity index (χ4n) is 2.62. The molecule has 4 nitrogen and oxygen atoms in total. The number of benzene rings is 2. The van der Waals surface area contributed by atoms with Gasteiger partial charge in [0.2, 0.25) is 5.91 Å². The van der Waals surface area contributed by atoms with Crippen LogP contribution in [-0.2, 0) is 21.2 Å². The molecular formula is C18H18FNO3S. The first-order valence-electron chi connectivity index (χ1n) is 7.69. The van der Waals surface area contributed by atoms with Crippen molar-refractivity contribution in [1.82, 2.24) is 5.32 Å². The number of aryl methyl sites for hydroxylation is 1. The van der Waals surface area contributed by atoms with Crippen LogP contribution in [0, 0.1) is 12.7 Å². The smallest absolute Gasteiger partial charge is 0.242 e. The van der Waals surface area contributed by atoms with Crippen LogP contribution in [0.25, 0.3) is 0 Å². The van der Waals surface area contributed by atoms with E-state index in [-0.39, 0.29) is 17.3 Å². The van der Waals surface area contributed by atoms with E-state index in [1.54, 1.807) is 24.3 Å². The lowest BCUT2D eigenvalue weighted by Gasteiger charge is -2.16. The van der Waals surface area contributed by atoms with E-state index in [2.05, 4.69) is 5.32 Å². The van der Waals surface area contributed by atoms with Crippen LogP contribution in [0.2, 0.25) is 0 Å². The highest BCUT2D eigenvalue weighted by Crippen LogP contribution is 2.47. The number of carbonyl (C=O) groups is 1. The first-order valence-corrected chi connectivity index (χ1v) is 9.17. The Morgan fingerprint density at radius 3 is 2.21 bits per heavy atom. The molecule has 1 aliphatic carbocycles. The predicted molar refractivity (Wildman–Crippen MR) is 88.6 cm³/mol. The number of hydrogen-bond donors (Lipinski definition) is 1. The van der Waals surface area contributed by atoms with Crippen LogP contribution in [0.1, 0.15) is 24.0 Å². The van der Waals surface area contributed by atoms with Crippen molar-refractivity contribution in [3.63, 3.8) is 0 Å². The topological polar surface area (TPSA) is 63.2 Å². The highest BCUT2D eigenvalue weighted by Gasteiger charge is 2.61. The van der Waals surface area contributed by atoms with E-state index in [1.165, 1.54) is 24.3 Å². The molecule has 1 saturated carbocycles. The van der Waals surface area contributed by atoms with Crippen molar-refractivity contribution in [3.8, 4) is 0 Å². The van der Waals surface area contributed by atoms with Crippen molar-refractivity contribution in [2.45, 2.75) is 36.0 Å². The fourth-order valence-corrected chi connectivity index (χ4v) is 4.52. The number of halogens is 1. The third-order valence-electron chi connectivity index (χ3n) is 4.33. The molecule has 0 aromatic heterocycles. The Morgan fingerprint density at radius 2 is 1.67 bits per heavy atom. The van der Waals surface area contributed by atoms with Crippen molar-refractivity contribution in [2.24, 2.45) is 0 Å². The fraction of sp³-hybridized carbons (Fsp3) is 0.278. The zero-order valence-electron chi connectivity index (χ0n) is 13.3. The summed E-state index contributed by atoms with van der Waals surface area (Å²) in [5.74, 6) is -0.849. The van der Waals surface area contributed by atoms with Gasteiger partial charge in [-0.05, 0) is 49.6 Å². The Labute approximate surface area is 140 Å². The molecular weight excluding hydrogens is 329 g/mol. The Kier molecular flexibility index (Phi) is 4.17. The molecule has 1 aliphatic rings. The van der Waals surface area contributed by atoms with Gasteiger partial charge in [-0.2, -0.15) is 0 Å². The third-order valence-corrected chi connectivity index (χ3v) is 6.85. The molecule has 0 radical (unpaired) electrons. The molecule has 0 atom stereocenters. The highest BCUT2D eigenvalue weighted by molar-refractivity contribution is 7.94. The molecule has 0 bridgehead atoms. The monoisotopic (exact) mass is 347 g/mol. The zero-order chi connectivity index (χ0) is 17.4. The normalized spacial score (nSPS) is 15.8. The molecule has 0 saturated heterocycles. The van der Waals surface area contributed by atoms with Crippen LogP contribution in [0.15, 0.2) is 53.4 Å². The minimum atomic E-state index is -3.73. The standard InChI is InChI=1S/C18H18FNO3S/c1-13-2-8-16(9-3-13)24(22,23)18(10-11-18)17(21)20-12-14-4-6-15(19)7-5-14/h2-9H,10-12H2,1H3,(H,20,21). The summed E-state index contributed by atoms with van der Waals surface area (Å²) in [6, 6.07) is 12.2. The van der Waals surface area contributed by atoms with Crippen LogP contribution < -0.4 is 5.32 Å². The molecule has 1 fully saturated rings. The molecule has 2 aromatic carbocycles. The molecule has 24 heavy (non-hydrogen) atoms. The summed E-state index contributed by atoms with van der Waals surface area (Å²) >= 11 is 0. The van der Waals surface area contributed by atoms with Gasteiger partial charge >= 0.3 is 0 Å². The van der Waals surface area contributed by atoms with Crippen LogP contribution in [0.4, 0.5) is 4.39 Å². The maximum absolute atomic E-state index is 12.9. The van der Waals surface area contributed by atoms with Gasteiger partial charge in [0, 0.05) is 6.54 Å². The summed E-state index contributed by atoms with van der Waals surface area (Å²) in [6.45, 7) is 2.04. The Morgan fingerprint density at radius 1 is 1.08 bits per heavy atom. The second-order valence-electron chi connectivity index (χ2n) is 6.12. The zero-order valence-corrected chi connectivity index (χ0v) is 14.1. The molecule has 3 rings (SSSR count). The van der Waals surface area contributed by atoms with Crippen molar-refractivity contribution >= 4 is 15.7 Å². The number of carbonyl (C=O) groups excluding carboxylic acids is 1. The summed E-state index contributed by atoms with van der Waals surface area (Å²) in [5.41, 5.74) is 1.67. The van der Waals surface area contributed by atoms with Gasteiger partial charge in [0.25, 0.3) is 0 Å². The van der Waals surface area contributed by atoms with Gasteiger partial charge in [-0.1, -0.05) is 29.8 Å². The van der Waals surface area contributed by atoms with Crippen molar-refractivity contribution < 1.29 is 17.6 Å². The number of rotatable bonds is 5. The van der Waals surface area contributed by atoms with E-state index in [9.17, 15) is 17.6 Å². The largest absolute Gasteiger partial charge is 0.351 e. The van der Waals surface area contributed by atoms with Gasteiger partial charge in [-0.25, -0.2) is 12.8 Å². The van der Waals surface area contributed by atoms with E-state index in [0.717, 1.165) is 5.56 Å². The SMILES string of the molecule is Cc1ccc(S(=O)(=O)C2(C(=O)NCc3ccc(F)cc3)CC2)cc1. The lowest BCUT2D eigenvalue weighted by molar-refractivity contribution is -0.121. The van der Waals surface area contributed by atoms with E-state index in [1.807, 2.05) is 6.92 Å². The molecule has 1 N–H and O–H groups in total. The van der Waals surface area contributed by atoms with Gasteiger partial charge in [-0.3, -0.25) is 4.79 Å². The Balaban J connectivity index is 1.76. The van der Waals surface area contributed by atoms with Gasteiger partial charge in [-0.15, -0.1) is 0 Å². The Hall–Kier alpha value is -2.21. The van der Waals surface area contributed by atoms with Gasteiger partial charge < -0.3 is 5.32 Å². The molecule has 6 heteroatoms. The second kappa shape index (κ2) is 6.02. The molecule has 2 aromatic rings. The second-order valence-corrected chi connectivity index (χ2v) is 8.38. The maximum Gasteiger partial charge on any atom is 0.242 e. The molecule has 126 valence electrons. The summed E-state index contributed by atoms with van der Waals surface area (Å²) in [5, 5.41) is 2.67. The number of hydrogen-bond acceptors (Lipinski definition) is 3. The third kappa shape index (κ3) is 2.94. The average molecular weight is 347 g/mol. The summed E-state index contributed by atoms with van der Waals surface area (Å²) in [6.07, 6.45) is 0.636. The Bertz CT molecular complexity index is 854. The quantitative estimate of drug-likeness (QED) is 0.905. The minimum Gasteiger partial charge on any atom is -0.351 e. The van der Waals surface area contributed by atoms with Crippen molar-refractivity contribution in [1.29, 1.82) is 0 Å². The highest BCUT2D eigenvalue weighted by atomic mass is 32.2. The molecule has 0 unspecified atom stereocenters. The first-order chi connectivity index (χ1) is 11.3. The van der Waals surface area contributed by atoms with E-state index in [0.29, 0.717) is 18.4 Å². The van der Waals surface area contributed by atoms with Gasteiger partial charge in [0.15, 0.2) is 14.6 Å².